The summed E-state index contributed by atoms with van der Waals surface area (Å²) in [5, 5.41) is 0. The minimum absolute atomic E-state index is 0.110. The third kappa shape index (κ3) is 1.46. The van der Waals surface area contributed by atoms with Crippen molar-refractivity contribution >= 4 is 5.91 Å². The van der Waals surface area contributed by atoms with Crippen LogP contribution in [0.25, 0.3) is 0 Å². The molecule has 0 bridgehead atoms. The highest BCUT2D eigenvalue weighted by molar-refractivity contribution is 5.82. The lowest BCUT2D eigenvalue weighted by atomic mass is 9.79. The fourth-order valence-electron chi connectivity index (χ4n) is 1.89. The Morgan fingerprint density at radius 1 is 1.62 bits per heavy atom. The lowest BCUT2D eigenvalue weighted by Crippen LogP contribution is -2.60. The van der Waals surface area contributed by atoms with E-state index in [0.717, 1.165) is 32.5 Å². The summed E-state index contributed by atoms with van der Waals surface area (Å²) in [7, 11) is 0. The molecule has 2 aliphatic heterocycles. The zero-order valence-electron chi connectivity index (χ0n) is 8.38. The largest absolute Gasteiger partial charge is 0.368 e. The summed E-state index contributed by atoms with van der Waals surface area (Å²) in [6.45, 7) is 7.01. The van der Waals surface area contributed by atoms with Gasteiger partial charge in [0.05, 0.1) is 6.61 Å². The number of rotatable bonds is 2. The molecule has 1 unspecified atom stereocenters. The predicted octanol–water partition coefficient (Wildman–Crippen LogP) is 1.03. The third-order valence-corrected chi connectivity index (χ3v) is 3.28. The van der Waals surface area contributed by atoms with Gasteiger partial charge in [-0.1, -0.05) is 13.8 Å². The Bertz CT molecular complexity index is 217. The molecular weight excluding hydrogens is 166 g/mol. The Labute approximate surface area is 79.0 Å². The highest BCUT2D eigenvalue weighted by atomic mass is 16.5. The van der Waals surface area contributed by atoms with Crippen LogP contribution in [0.15, 0.2) is 0 Å². The first-order valence-corrected chi connectivity index (χ1v) is 5.05. The monoisotopic (exact) mass is 183 g/mol. The number of amides is 1. The summed E-state index contributed by atoms with van der Waals surface area (Å²) in [4.78, 5) is 13.5. The fraction of sp³-hybridized carbons (Fsp3) is 0.900. The SMILES string of the molecule is CCC1(C)CN(C(=O)C2CCO2)C1. The van der Waals surface area contributed by atoms with E-state index in [2.05, 4.69) is 13.8 Å². The van der Waals surface area contributed by atoms with E-state index < -0.39 is 0 Å². The van der Waals surface area contributed by atoms with Crippen molar-refractivity contribution in [2.75, 3.05) is 19.7 Å². The summed E-state index contributed by atoms with van der Waals surface area (Å²) in [5.41, 5.74) is 0.374. The van der Waals surface area contributed by atoms with E-state index in [4.69, 9.17) is 4.74 Å². The van der Waals surface area contributed by atoms with Gasteiger partial charge in [0.2, 0.25) is 0 Å². The van der Waals surface area contributed by atoms with Crippen LogP contribution >= 0.6 is 0 Å². The molecule has 0 N–H and O–H groups in total. The standard InChI is InChI=1S/C10H17NO2/c1-3-10(2)6-11(7-10)9(12)8-4-5-13-8/h8H,3-7H2,1-2H3. The Morgan fingerprint density at radius 3 is 2.62 bits per heavy atom. The molecule has 2 saturated heterocycles. The van der Waals surface area contributed by atoms with E-state index in [9.17, 15) is 4.79 Å². The maximum atomic E-state index is 11.6. The number of hydrogen-bond donors (Lipinski definition) is 0. The normalized spacial score (nSPS) is 30.6. The minimum Gasteiger partial charge on any atom is -0.368 e. The van der Waals surface area contributed by atoms with Crippen molar-refractivity contribution in [3.8, 4) is 0 Å². The van der Waals surface area contributed by atoms with Gasteiger partial charge in [0.1, 0.15) is 6.10 Å². The molecule has 0 spiro atoms. The molecule has 3 nitrogen and oxygen atoms in total. The second kappa shape index (κ2) is 2.98. The zero-order valence-corrected chi connectivity index (χ0v) is 8.38. The number of ether oxygens (including phenoxy) is 1. The van der Waals surface area contributed by atoms with E-state index in [1.165, 1.54) is 0 Å². The first-order valence-electron chi connectivity index (χ1n) is 5.05. The number of carbonyl (C=O) groups excluding carboxylic acids is 1. The van der Waals surface area contributed by atoms with Gasteiger partial charge in [0.15, 0.2) is 0 Å². The Balaban J connectivity index is 1.82. The molecule has 74 valence electrons. The van der Waals surface area contributed by atoms with Crippen LogP contribution in [0.3, 0.4) is 0 Å². The average Bonchev–Trinajstić information content (AvgIpc) is 1.95. The van der Waals surface area contributed by atoms with E-state index >= 15 is 0 Å². The number of hydrogen-bond acceptors (Lipinski definition) is 2. The van der Waals surface area contributed by atoms with Gasteiger partial charge in [-0.25, -0.2) is 0 Å². The van der Waals surface area contributed by atoms with Crippen molar-refractivity contribution in [3.63, 3.8) is 0 Å². The highest BCUT2D eigenvalue weighted by Gasteiger charge is 2.43. The van der Waals surface area contributed by atoms with Crippen molar-refractivity contribution in [2.45, 2.75) is 32.8 Å². The molecule has 0 radical (unpaired) electrons. The second-order valence-corrected chi connectivity index (χ2v) is 4.51. The summed E-state index contributed by atoms with van der Waals surface area (Å²) in [6, 6.07) is 0. The molecule has 0 aromatic carbocycles. The molecular formula is C10H17NO2. The second-order valence-electron chi connectivity index (χ2n) is 4.51. The Hall–Kier alpha value is -0.570. The lowest BCUT2D eigenvalue weighted by molar-refractivity contribution is -0.167. The molecule has 0 aromatic heterocycles. The number of nitrogens with zero attached hydrogens (tertiary/aromatic N) is 1. The maximum Gasteiger partial charge on any atom is 0.251 e. The first-order chi connectivity index (χ1) is 6.14. The van der Waals surface area contributed by atoms with Gasteiger partial charge < -0.3 is 9.64 Å². The van der Waals surface area contributed by atoms with Crippen molar-refractivity contribution in [3.05, 3.63) is 0 Å². The molecule has 2 heterocycles. The van der Waals surface area contributed by atoms with Gasteiger partial charge in [-0.05, 0) is 6.42 Å². The van der Waals surface area contributed by atoms with Gasteiger partial charge in [0, 0.05) is 24.9 Å². The van der Waals surface area contributed by atoms with E-state index in [1.807, 2.05) is 4.90 Å². The van der Waals surface area contributed by atoms with Crippen LogP contribution < -0.4 is 0 Å². The van der Waals surface area contributed by atoms with E-state index in [-0.39, 0.29) is 12.0 Å². The molecule has 2 aliphatic rings. The van der Waals surface area contributed by atoms with Gasteiger partial charge in [0.25, 0.3) is 5.91 Å². The molecule has 0 saturated carbocycles. The molecule has 3 heteroatoms. The van der Waals surface area contributed by atoms with Crippen molar-refractivity contribution in [1.82, 2.24) is 4.90 Å². The maximum absolute atomic E-state index is 11.6. The first kappa shape index (κ1) is 9.00. The average molecular weight is 183 g/mol. The molecule has 1 amide bonds. The summed E-state index contributed by atoms with van der Waals surface area (Å²) in [6.07, 6.45) is 1.96. The Kier molecular flexibility index (Phi) is 2.06. The highest BCUT2D eigenvalue weighted by Crippen LogP contribution is 2.34. The van der Waals surface area contributed by atoms with E-state index in [0.29, 0.717) is 5.41 Å². The van der Waals surface area contributed by atoms with Crippen LogP contribution in [0.2, 0.25) is 0 Å². The predicted molar refractivity (Wildman–Crippen MR) is 49.3 cm³/mol. The van der Waals surface area contributed by atoms with Gasteiger partial charge in [-0.2, -0.15) is 0 Å². The fourth-order valence-corrected chi connectivity index (χ4v) is 1.89. The zero-order chi connectivity index (χ0) is 9.47. The van der Waals surface area contributed by atoms with Crippen LogP contribution in [-0.4, -0.2) is 36.6 Å². The quantitative estimate of drug-likeness (QED) is 0.640. The Morgan fingerprint density at radius 2 is 2.23 bits per heavy atom. The van der Waals surface area contributed by atoms with Crippen LogP contribution in [0, 0.1) is 5.41 Å². The summed E-state index contributed by atoms with van der Waals surface area (Å²) >= 11 is 0. The van der Waals surface area contributed by atoms with Crippen molar-refractivity contribution < 1.29 is 9.53 Å². The smallest absolute Gasteiger partial charge is 0.251 e. The molecule has 13 heavy (non-hydrogen) atoms. The van der Waals surface area contributed by atoms with Crippen molar-refractivity contribution in [1.29, 1.82) is 0 Å². The van der Waals surface area contributed by atoms with Crippen LogP contribution in [0.1, 0.15) is 26.7 Å². The van der Waals surface area contributed by atoms with Crippen LogP contribution in [0.5, 0.6) is 0 Å². The molecule has 1 atom stereocenters. The van der Waals surface area contributed by atoms with Crippen molar-refractivity contribution in [2.24, 2.45) is 5.41 Å². The number of likely N-dealkylation sites (tertiary alicyclic amines) is 1. The van der Waals surface area contributed by atoms with Gasteiger partial charge in [-0.15, -0.1) is 0 Å². The minimum atomic E-state index is -0.110. The van der Waals surface area contributed by atoms with Gasteiger partial charge >= 0.3 is 0 Å². The topological polar surface area (TPSA) is 29.5 Å². The molecule has 2 fully saturated rings. The third-order valence-electron chi connectivity index (χ3n) is 3.28. The summed E-state index contributed by atoms with van der Waals surface area (Å²) in [5.74, 6) is 0.206. The number of carbonyl (C=O) groups is 1. The molecule has 0 aromatic rings. The van der Waals surface area contributed by atoms with Crippen LogP contribution in [0.4, 0.5) is 0 Å². The van der Waals surface area contributed by atoms with Crippen LogP contribution in [-0.2, 0) is 9.53 Å². The summed E-state index contributed by atoms with van der Waals surface area (Å²) < 4.78 is 5.16. The van der Waals surface area contributed by atoms with Gasteiger partial charge in [-0.3, -0.25) is 4.79 Å². The molecule has 2 rings (SSSR count). The molecule has 0 aliphatic carbocycles. The lowest BCUT2D eigenvalue weighted by Gasteiger charge is -2.49. The van der Waals surface area contributed by atoms with E-state index in [1.54, 1.807) is 0 Å².